The lowest BCUT2D eigenvalue weighted by Crippen LogP contribution is -1.99. The SMILES string of the molecule is COc1cc(/C=C/C(=O)/C=C(O)/C=C/c2ccc(OCCCBr)c(OC)c2)ccc1O. The molecule has 0 saturated carbocycles. The highest BCUT2D eigenvalue weighted by Crippen LogP contribution is 2.29. The number of alkyl halides is 1. The number of phenolic OH excluding ortho intramolecular Hbond substituents is 1. The Balaban J connectivity index is 2.02. The van der Waals surface area contributed by atoms with Gasteiger partial charge in [0.05, 0.1) is 20.8 Å². The number of aromatic hydroxyl groups is 1. The first-order valence-corrected chi connectivity index (χ1v) is 10.6. The number of hydrogen-bond acceptors (Lipinski definition) is 6. The van der Waals surface area contributed by atoms with E-state index in [-0.39, 0.29) is 17.3 Å². The van der Waals surface area contributed by atoms with Gasteiger partial charge in [-0.15, -0.1) is 0 Å². The van der Waals surface area contributed by atoms with Crippen molar-refractivity contribution in [3.8, 4) is 23.0 Å². The summed E-state index contributed by atoms with van der Waals surface area (Å²) in [6.45, 7) is 0.576. The molecule has 0 spiro atoms. The van der Waals surface area contributed by atoms with Crippen LogP contribution in [0.4, 0.5) is 0 Å². The highest BCUT2D eigenvalue weighted by Gasteiger charge is 2.05. The first-order valence-electron chi connectivity index (χ1n) is 9.51. The van der Waals surface area contributed by atoms with Gasteiger partial charge in [0.25, 0.3) is 0 Å². The normalized spacial score (nSPS) is 11.8. The van der Waals surface area contributed by atoms with Gasteiger partial charge in [-0.25, -0.2) is 0 Å². The van der Waals surface area contributed by atoms with E-state index in [1.807, 2.05) is 6.07 Å². The number of ether oxygens (including phenoxy) is 3. The number of rotatable bonds is 11. The van der Waals surface area contributed by atoms with Crippen molar-refractivity contribution in [3.63, 3.8) is 0 Å². The van der Waals surface area contributed by atoms with Crippen molar-refractivity contribution >= 4 is 33.9 Å². The topological polar surface area (TPSA) is 85.2 Å². The first kappa shape index (κ1) is 24.1. The number of halogens is 1. The molecule has 0 fully saturated rings. The fraction of sp³-hybridized carbons (Fsp3) is 0.208. The second-order valence-electron chi connectivity index (χ2n) is 6.37. The Kier molecular flexibility index (Phi) is 9.71. The highest BCUT2D eigenvalue weighted by molar-refractivity contribution is 9.09. The lowest BCUT2D eigenvalue weighted by molar-refractivity contribution is -0.110. The van der Waals surface area contributed by atoms with E-state index >= 15 is 0 Å². The summed E-state index contributed by atoms with van der Waals surface area (Å²) in [5.41, 5.74) is 1.46. The van der Waals surface area contributed by atoms with E-state index in [4.69, 9.17) is 14.2 Å². The predicted octanol–water partition coefficient (Wildman–Crippen LogP) is 5.31. The van der Waals surface area contributed by atoms with Crippen molar-refractivity contribution in [1.82, 2.24) is 0 Å². The number of ketones is 1. The molecule has 0 heterocycles. The van der Waals surface area contributed by atoms with E-state index in [0.717, 1.165) is 23.4 Å². The number of carbonyl (C=O) groups excluding carboxylic acids is 1. The van der Waals surface area contributed by atoms with Crippen LogP contribution in [0, 0.1) is 0 Å². The Morgan fingerprint density at radius 1 is 0.968 bits per heavy atom. The van der Waals surface area contributed by atoms with Gasteiger partial charge in [-0.05, 0) is 54.0 Å². The molecule has 0 bridgehead atoms. The zero-order chi connectivity index (χ0) is 22.6. The number of benzene rings is 2. The minimum absolute atomic E-state index is 0.0174. The maximum absolute atomic E-state index is 12.1. The van der Waals surface area contributed by atoms with Crippen LogP contribution >= 0.6 is 15.9 Å². The maximum atomic E-state index is 12.1. The predicted molar refractivity (Wildman–Crippen MR) is 125 cm³/mol. The second kappa shape index (κ2) is 12.5. The third-order valence-electron chi connectivity index (χ3n) is 4.10. The van der Waals surface area contributed by atoms with E-state index in [0.29, 0.717) is 29.4 Å². The molecule has 0 aliphatic carbocycles. The number of allylic oxidation sites excluding steroid dienone is 3. The molecule has 0 radical (unpaired) electrons. The van der Waals surface area contributed by atoms with Crippen LogP contribution in [0.1, 0.15) is 17.5 Å². The summed E-state index contributed by atoms with van der Waals surface area (Å²) in [4.78, 5) is 12.1. The minimum Gasteiger partial charge on any atom is -0.508 e. The molecule has 2 N–H and O–H groups in total. The average molecular weight is 489 g/mol. The number of hydrogen-bond donors (Lipinski definition) is 2. The minimum atomic E-state index is -0.387. The van der Waals surface area contributed by atoms with Crippen molar-refractivity contribution in [2.45, 2.75) is 6.42 Å². The monoisotopic (exact) mass is 488 g/mol. The molecule has 31 heavy (non-hydrogen) atoms. The molecule has 2 aromatic rings. The Bertz CT molecular complexity index is 978. The molecule has 2 rings (SSSR count). The lowest BCUT2D eigenvalue weighted by atomic mass is 10.1. The average Bonchev–Trinajstić information content (AvgIpc) is 2.77. The number of carbonyl (C=O) groups is 1. The van der Waals surface area contributed by atoms with Gasteiger partial charge in [-0.3, -0.25) is 4.79 Å². The van der Waals surface area contributed by atoms with Gasteiger partial charge in [-0.2, -0.15) is 0 Å². The first-order chi connectivity index (χ1) is 15.0. The number of methoxy groups -OCH3 is 2. The van der Waals surface area contributed by atoms with Crippen LogP contribution in [-0.2, 0) is 4.79 Å². The largest absolute Gasteiger partial charge is 0.508 e. The van der Waals surface area contributed by atoms with Crippen molar-refractivity contribution in [2.24, 2.45) is 0 Å². The van der Waals surface area contributed by atoms with Crippen LogP contribution in [-0.4, -0.2) is 42.2 Å². The molecule has 0 unspecified atom stereocenters. The molecule has 0 saturated heterocycles. The summed E-state index contributed by atoms with van der Waals surface area (Å²) < 4.78 is 16.1. The van der Waals surface area contributed by atoms with Gasteiger partial charge in [0.15, 0.2) is 28.8 Å². The van der Waals surface area contributed by atoms with Crippen LogP contribution in [0.25, 0.3) is 12.2 Å². The van der Waals surface area contributed by atoms with Gasteiger partial charge in [0, 0.05) is 11.4 Å². The van der Waals surface area contributed by atoms with Crippen LogP contribution < -0.4 is 14.2 Å². The molecular formula is C24H25BrO6. The van der Waals surface area contributed by atoms with E-state index < -0.39 is 0 Å². The fourth-order valence-electron chi connectivity index (χ4n) is 2.54. The Morgan fingerprint density at radius 3 is 2.29 bits per heavy atom. The quantitative estimate of drug-likeness (QED) is 0.146. The van der Waals surface area contributed by atoms with Crippen LogP contribution in [0.15, 0.2) is 60.4 Å². The van der Waals surface area contributed by atoms with Crippen molar-refractivity contribution in [2.75, 3.05) is 26.2 Å². The molecule has 0 atom stereocenters. The Hall–Kier alpha value is -3.19. The third-order valence-corrected chi connectivity index (χ3v) is 4.66. The van der Waals surface area contributed by atoms with Gasteiger partial charge in [-0.1, -0.05) is 40.2 Å². The Labute approximate surface area is 190 Å². The van der Waals surface area contributed by atoms with Gasteiger partial charge < -0.3 is 24.4 Å². The van der Waals surface area contributed by atoms with E-state index in [1.165, 1.54) is 25.3 Å². The number of aliphatic hydroxyl groups is 1. The smallest absolute Gasteiger partial charge is 0.182 e. The number of aliphatic hydroxyl groups excluding tert-OH is 1. The molecule has 2 aromatic carbocycles. The van der Waals surface area contributed by atoms with Gasteiger partial charge in [0.1, 0.15) is 5.76 Å². The molecule has 0 aromatic heterocycles. The summed E-state index contributed by atoms with van der Waals surface area (Å²) in [5, 5.41) is 20.5. The third kappa shape index (κ3) is 7.86. The van der Waals surface area contributed by atoms with Crippen LogP contribution in [0.5, 0.6) is 23.0 Å². The maximum Gasteiger partial charge on any atom is 0.182 e. The second-order valence-corrected chi connectivity index (χ2v) is 7.16. The fourth-order valence-corrected chi connectivity index (χ4v) is 2.77. The van der Waals surface area contributed by atoms with Crippen molar-refractivity contribution in [3.05, 3.63) is 71.5 Å². The van der Waals surface area contributed by atoms with E-state index in [2.05, 4.69) is 15.9 Å². The molecule has 0 aliphatic rings. The van der Waals surface area contributed by atoms with Crippen molar-refractivity contribution in [1.29, 1.82) is 0 Å². The molecular weight excluding hydrogens is 464 g/mol. The summed E-state index contributed by atoms with van der Waals surface area (Å²) in [7, 11) is 3.01. The molecule has 6 nitrogen and oxygen atoms in total. The standard InChI is InChI=1S/C24H25BrO6/c1-29-23-14-17(6-10-21(23)28)4-8-19(26)16-20(27)9-5-18-7-11-22(24(15-18)30-2)31-13-3-12-25/h4-11,14-16,27-28H,3,12-13H2,1-2H3/b8-4+,9-5+,20-16-. The van der Waals surface area contributed by atoms with Gasteiger partial charge in [0.2, 0.25) is 0 Å². The number of phenols is 1. The zero-order valence-corrected chi connectivity index (χ0v) is 19.0. The summed E-state index contributed by atoms with van der Waals surface area (Å²) in [6.07, 6.45) is 7.97. The van der Waals surface area contributed by atoms with Crippen LogP contribution in [0.3, 0.4) is 0 Å². The molecule has 164 valence electrons. The van der Waals surface area contributed by atoms with E-state index in [1.54, 1.807) is 43.5 Å². The summed E-state index contributed by atoms with van der Waals surface area (Å²) in [5.74, 6) is 0.988. The van der Waals surface area contributed by atoms with E-state index in [9.17, 15) is 15.0 Å². The lowest BCUT2D eigenvalue weighted by Gasteiger charge is -2.10. The Morgan fingerprint density at radius 2 is 1.61 bits per heavy atom. The highest BCUT2D eigenvalue weighted by atomic mass is 79.9. The zero-order valence-electron chi connectivity index (χ0n) is 17.4. The van der Waals surface area contributed by atoms with Gasteiger partial charge >= 0.3 is 0 Å². The van der Waals surface area contributed by atoms with Crippen molar-refractivity contribution < 1.29 is 29.2 Å². The summed E-state index contributed by atoms with van der Waals surface area (Å²) in [6, 6.07) is 10.1. The summed E-state index contributed by atoms with van der Waals surface area (Å²) >= 11 is 3.36. The molecule has 0 aliphatic heterocycles. The molecule has 7 heteroatoms. The molecule has 0 amide bonds. The van der Waals surface area contributed by atoms with Crippen LogP contribution in [0.2, 0.25) is 0 Å².